The highest BCUT2D eigenvalue weighted by Crippen LogP contribution is 2.12. The van der Waals surface area contributed by atoms with Crippen LogP contribution in [0.1, 0.15) is 20.8 Å². The summed E-state index contributed by atoms with van der Waals surface area (Å²) < 4.78 is 9.62. The summed E-state index contributed by atoms with van der Waals surface area (Å²) in [6.45, 7) is 4.78. The van der Waals surface area contributed by atoms with E-state index in [-0.39, 0.29) is 6.54 Å². The second-order valence-electron chi connectivity index (χ2n) is 4.85. The lowest BCUT2D eigenvalue weighted by Crippen LogP contribution is -2.48. The molecule has 1 N–H and O–H groups in total. The first-order valence-electron chi connectivity index (χ1n) is 5.97. The van der Waals surface area contributed by atoms with Gasteiger partial charge in [-0.1, -0.05) is 5.92 Å². The first-order chi connectivity index (χ1) is 9.70. The van der Waals surface area contributed by atoms with Crippen molar-refractivity contribution in [3.8, 4) is 12.3 Å². The van der Waals surface area contributed by atoms with Crippen molar-refractivity contribution in [2.45, 2.75) is 31.9 Å². The minimum absolute atomic E-state index is 0.325. The van der Waals surface area contributed by atoms with Crippen molar-refractivity contribution in [1.82, 2.24) is 5.32 Å². The van der Waals surface area contributed by atoms with Crippen LogP contribution in [0.4, 0.5) is 4.79 Å². The minimum atomic E-state index is -1.77. The van der Waals surface area contributed by atoms with Gasteiger partial charge in [-0.05, 0) is 20.8 Å². The molecule has 8 heteroatoms. The molecule has 0 aliphatic rings. The Kier molecular flexibility index (Phi) is 7.24. The first kappa shape index (κ1) is 18.7. The quantitative estimate of drug-likeness (QED) is 0.193. The predicted molar refractivity (Wildman–Crippen MR) is 74.4 cm³/mol. The van der Waals surface area contributed by atoms with Gasteiger partial charge in [-0.25, -0.2) is 14.6 Å². The molecule has 0 aromatic heterocycles. The van der Waals surface area contributed by atoms with Crippen LogP contribution < -0.4 is 5.32 Å². The molecule has 8 nitrogen and oxygen atoms in total. The number of alkyl carbamates (subject to hydrolysis) is 1. The van der Waals surface area contributed by atoms with E-state index in [4.69, 9.17) is 11.2 Å². The minimum Gasteiger partial charge on any atom is -0.466 e. The summed E-state index contributed by atoms with van der Waals surface area (Å²) in [5.41, 5.74) is -2.46. The van der Waals surface area contributed by atoms with Crippen molar-refractivity contribution in [1.29, 1.82) is 0 Å². The van der Waals surface area contributed by atoms with Gasteiger partial charge in [0.05, 0.1) is 20.8 Å². The molecule has 0 aromatic carbocycles. The fraction of sp³-hybridized carbons (Fsp3) is 0.615. The highest BCUT2D eigenvalue weighted by atomic mass is 17.2. The molecule has 0 radical (unpaired) electrons. The van der Waals surface area contributed by atoms with Crippen molar-refractivity contribution < 1.29 is 28.8 Å². The summed E-state index contributed by atoms with van der Waals surface area (Å²) in [6, 6.07) is 0. The molecule has 1 amide bonds. The maximum Gasteiger partial charge on any atom is 0.407 e. The molecule has 0 saturated carbocycles. The number of methoxy groups -OCH3 is 1. The lowest BCUT2D eigenvalue weighted by molar-refractivity contribution is -0.188. The summed E-state index contributed by atoms with van der Waals surface area (Å²) >= 11 is 0. The average molecular weight is 300 g/mol. The third-order valence-corrected chi connectivity index (χ3v) is 2.06. The number of hydrogen-bond donors (Lipinski definition) is 1. The summed E-state index contributed by atoms with van der Waals surface area (Å²) in [5.74, 6) is 1.33. The Morgan fingerprint density at radius 2 is 1.95 bits per heavy atom. The zero-order valence-electron chi connectivity index (χ0n) is 12.8. The Morgan fingerprint density at radius 3 is 2.38 bits per heavy atom. The molecule has 0 heterocycles. The SMILES string of the molecule is C#CC(CNC(=O)OC(C)(C)C)(/N=C/OOC)C(=O)OC. The van der Waals surface area contributed by atoms with Gasteiger partial charge in [0.1, 0.15) is 5.60 Å². The molecule has 0 bridgehead atoms. The zero-order chi connectivity index (χ0) is 16.5. The van der Waals surface area contributed by atoms with Gasteiger partial charge in [-0.3, -0.25) is 0 Å². The lowest BCUT2D eigenvalue weighted by Gasteiger charge is -2.23. The highest BCUT2D eigenvalue weighted by Gasteiger charge is 2.38. The number of nitrogens with one attached hydrogen (secondary N) is 1. The van der Waals surface area contributed by atoms with E-state index in [9.17, 15) is 9.59 Å². The molecular formula is C13H20N2O6. The number of carbonyl (C=O) groups is 2. The van der Waals surface area contributed by atoms with Crippen LogP contribution in [0.25, 0.3) is 0 Å². The number of terminal acetylenes is 1. The maximum atomic E-state index is 11.8. The summed E-state index contributed by atoms with van der Waals surface area (Å²) in [4.78, 5) is 35.9. The molecule has 0 fully saturated rings. The summed E-state index contributed by atoms with van der Waals surface area (Å²) in [7, 11) is 2.40. The number of carbonyl (C=O) groups excluding carboxylic acids is 2. The maximum absolute atomic E-state index is 11.8. The Hall–Kier alpha value is -2.27. The number of aliphatic imine (C=N–C) groups is 1. The molecule has 1 unspecified atom stereocenters. The number of rotatable bonds is 6. The number of hydrogen-bond acceptors (Lipinski definition) is 7. The van der Waals surface area contributed by atoms with Crippen LogP contribution in [-0.4, -0.2) is 50.4 Å². The van der Waals surface area contributed by atoms with Gasteiger partial charge in [0.15, 0.2) is 0 Å². The lowest BCUT2D eigenvalue weighted by atomic mass is 10.0. The van der Waals surface area contributed by atoms with E-state index in [0.717, 1.165) is 13.5 Å². The summed E-state index contributed by atoms with van der Waals surface area (Å²) in [5, 5.41) is 2.36. The van der Waals surface area contributed by atoms with Gasteiger partial charge in [-0.15, -0.1) is 6.42 Å². The number of esters is 1. The van der Waals surface area contributed by atoms with E-state index in [1.807, 2.05) is 0 Å². The monoisotopic (exact) mass is 300 g/mol. The van der Waals surface area contributed by atoms with Crippen LogP contribution in [0.5, 0.6) is 0 Å². The van der Waals surface area contributed by atoms with Crippen molar-refractivity contribution in [2.75, 3.05) is 20.8 Å². The van der Waals surface area contributed by atoms with Crippen molar-refractivity contribution >= 4 is 18.5 Å². The van der Waals surface area contributed by atoms with E-state index in [1.165, 1.54) is 7.11 Å². The van der Waals surface area contributed by atoms with Crippen molar-refractivity contribution in [3.63, 3.8) is 0 Å². The Morgan fingerprint density at radius 1 is 1.33 bits per heavy atom. The predicted octanol–water partition coefficient (Wildman–Crippen LogP) is 0.662. The molecule has 0 aliphatic heterocycles. The van der Waals surface area contributed by atoms with E-state index < -0.39 is 23.2 Å². The Labute approximate surface area is 123 Å². The van der Waals surface area contributed by atoms with Gasteiger partial charge >= 0.3 is 12.1 Å². The smallest absolute Gasteiger partial charge is 0.407 e. The zero-order valence-corrected chi connectivity index (χ0v) is 12.8. The molecular weight excluding hydrogens is 280 g/mol. The molecule has 0 aliphatic carbocycles. The molecule has 0 rings (SSSR count). The number of ether oxygens (including phenoxy) is 2. The molecule has 118 valence electrons. The van der Waals surface area contributed by atoms with Gasteiger partial charge in [0, 0.05) is 0 Å². The second kappa shape index (κ2) is 8.11. The van der Waals surface area contributed by atoms with Crippen LogP contribution in [0, 0.1) is 12.3 Å². The van der Waals surface area contributed by atoms with Crippen molar-refractivity contribution in [2.24, 2.45) is 4.99 Å². The van der Waals surface area contributed by atoms with E-state index >= 15 is 0 Å². The Balaban J connectivity index is 4.96. The standard InChI is InChI=1S/C13H20N2O6/c1-7-13(10(16)18-5,15-9-20-19-6)8-14-11(17)21-12(2,3)4/h1,9H,8H2,2-6H3,(H,14,17)/b15-9+. The van der Waals surface area contributed by atoms with Gasteiger partial charge in [0.2, 0.25) is 11.9 Å². The third-order valence-electron chi connectivity index (χ3n) is 2.06. The highest BCUT2D eigenvalue weighted by molar-refractivity contribution is 5.87. The molecule has 21 heavy (non-hydrogen) atoms. The fourth-order valence-corrected chi connectivity index (χ4v) is 1.16. The second-order valence-corrected chi connectivity index (χ2v) is 4.85. The van der Waals surface area contributed by atoms with Gasteiger partial charge in [0.25, 0.3) is 0 Å². The normalized spacial score (nSPS) is 13.9. The van der Waals surface area contributed by atoms with Gasteiger partial charge in [-0.2, -0.15) is 4.89 Å². The number of nitrogens with zero attached hydrogens (tertiary/aromatic N) is 1. The largest absolute Gasteiger partial charge is 0.466 e. The first-order valence-corrected chi connectivity index (χ1v) is 5.97. The van der Waals surface area contributed by atoms with Crippen LogP contribution in [-0.2, 0) is 24.0 Å². The molecule has 0 aromatic rings. The molecule has 0 spiro atoms. The third kappa shape index (κ3) is 6.63. The van der Waals surface area contributed by atoms with E-state index in [0.29, 0.717) is 0 Å². The molecule has 0 saturated heterocycles. The van der Waals surface area contributed by atoms with Crippen LogP contribution >= 0.6 is 0 Å². The van der Waals surface area contributed by atoms with Crippen molar-refractivity contribution in [3.05, 3.63) is 0 Å². The van der Waals surface area contributed by atoms with Crippen LogP contribution in [0.2, 0.25) is 0 Å². The topological polar surface area (TPSA) is 95.5 Å². The number of amides is 1. The van der Waals surface area contributed by atoms with Crippen LogP contribution in [0.3, 0.4) is 0 Å². The van der Waals surface area contributed by atoms with E-state index in [1.54, 1.807) is 20.8 Å². The summed E-state index contributed by atoms with van der Waals surface area (Å²) in [6.07, 6.45) is 5.43. The van der Waals surface area contributed by atoms with Crippen LogP contribution in [0.15, 0.2) is 4.99 Å². The fourth-order valence-electron chi connectivity index (χ4n) is 1.16. The average Bonchev–Trinajstić information content (AvgIpc) is 2.40. The van der Waals surface area contributed by atoms with Gasteiger partial charge < -0.3 is 19.7 Å². The molecule has 1 atom stereocenters. The Bertz CT molecular complexity index is 435. The van der Waals surface area contributed by atoms with E-state index in [2.05, 4.69) is 30.7 Å².